The van der Waals surface area contributed by atoms with Gasteiger partial charge in [0.15, 0.2) is 0 Å². The summed E-state index contributed by atoms with van der Waals surface area (Å²) in [5.74, 6) is -0.136. The Kier molecular flexibility index (Phi) is 66.6. The molecular formula is C77H150N2O6P+. The normalized spacial score (nSPS) is 13.8. The molecule has 8 nitrogen and oxygen atoms in total. The van der Waals surface area contributed by atoms with Gasteiger partial charge in [-0.05, 0) is 51.4 Å². The van der Waals surface area contributed by atoms with Gasteiger partial charge in [-0.15, -0.1) is 0 Å². The maximum Gasteiger partial charge on any atom is 0.472 e. The summed E-state index contributed by atoms with van der Waals surface area (Å²) in [7, 11) is 1.63. The highest BCUT2D eigenvalue weighted by molar-refractivity contribution is 7.47. The van der Waals surface area contributed by atoms with E-state index < -0.39 is 20.0 Å². The van der Waals surface area contributed by atoms with E-state index in [0.29, 0.717) is 23.9 Å². The quantitative estimate of drug-likeness (QED) is 0.0243. The first kappa shape index (κ1) is 84.5. The number of aliphatic hydroxyl groups is 1. The third-order valence-corrected chi connectivity index (χ3v) is 18.6. The van der Waals surface area contributed by atoms with E-state index in [1.165, 1.54) is 295 Å². The molecule has 0 aliphatic heterocycles. The molecule has 0 aliphatic rings. The monoisotopic (exact) mass is 1230 g/mol. The summed E-state index contributed by atoms with van der Waals surface area (Å²) < 4.78 is 23.9. The van der Waals surface area contributed by atoms with Crippen LogP contribution < -0.4 is 5.32 Å². The SMILES string of the molecule is CC/C=C\C/C=C\C/C=C\C/C=C\CCCCCCCCCCCCCCCCCCCCCCC(=O)NC(COP(=O)(O)OCC[N+](C)(C)C)C(O)CCCCCCCCCCCCCCCCCCCCCCCCCCCCCCCCC. The highest BCUT2D eigenvalue weighted by Crippen LogP contribution is 2.43. The number of amides is 1. The average molecular weight is 1230 g/mol. The maximum atomic E-state index is 13.1. The molecule has 0 rings (SSSR count). The molecule has 0 aromatic rings. The summed E-state index contributed by atoms with van der Waals surface area (Å²) in [5, 5.41) is 14.2. The van der Waals surface area contributed by atoms with Crippen LogP contribution in [0, 0.1) is 0 Å². The smallest absolute Gasteiger partial charge is 0.391 e. The van der Waals surface area contributed by atoms with Gasteiger partial charge in [-0.25, -0.2) is 4.57 Å². The van der Waals surface area contributed by atoms with Crippen molar-refractivity contribution in [2.75, 3.05) is 40.9 Å². The Hall–Kier alpha value is -1.54. The van der Waals surface area contributed by atoms with E-state index in [2.05, 4.69) is 67.8 Å². The highest BCUT2D eigenvalue weighted by Gasteiger charge is 2.28. The van der Waals surface area contributed by atoms with Crippen LogP contribution in [0.15, 0.2) is 48.6 Å². The number of phosphoric acid groups is 1. The number of nitrogens with one attached hydrogen (secondary N) is 1. The lowest BCUT2D eigenvalue weighted by atomic mass is 10.0. The lowest BCUT2D eigenvalue weighted by Crippen LogP contribution is -2.46. The average Bonchev–Trinajstić information content (AvgIpc) is 3.70. The molecule has 0 fully saturated rings. The van der Waals surface area contributed by atoms with Crippen molar-refractivity contribution in [2.24, 2.45) is 0 Å². The van der Waals surface area contributed by atoms with Gasteiger partial charge in [0, 0.05) is 6.42 Å². The number of rotatable bonds is 71. The highest BCUT2D eigenvalue weighted by atomic mass is 31.2. The van der Waals surface area contributed by atoms with E-state index in [0.717, 1.165) is 64.2 Å². The summed E-state index contributed by atoms with van der Waals surface area (Å²) in [6.45, 7) is 4.84. The van der Waals surface area contributed by atoms with Crippen LogP contribution in [0.2, 0.25) is 0 Å². The first-order chi connectivity index (χ1) is 42.0. The van der Waals surface area contributed by atoms with E-state index in [1.807, 2.05) is 21.1 Å². The first-order valence-corrected chi connectivity index (χ1v) is 39.5. The lowest BCUT2D eigenvalue weighted by molar-refractivity contribution is -0.870. The van der Waals surface area contributed by atoms with Crippen LogP contribution >= 0.6 is 7.82 Å². The number of likely N-dealkylation sites (N-methyl/N-ethyl adjacent to an activating group) is 1. The standard InChI is InChI=1S/C77H149N2O6P/c1-6-8-10-12-14-16-18-20-22-24-26-28-30-32-34-36-38-39-41-43-45-47-49-51-53-55-57-59-61-63-65-67-69-71-77(81)78-75(74-85-86(82,83)84-73-72-79(3,4)5)76(80)70-68-66-64-62-60-58-56-54-52-50-48-46-44-42-40-37-35-33-31-29-27-25-23-21-19-17-15-13-11-9-7-2/h8,10,14,16,20,22,26,28,75-76,80H,6-7,9,11-13,15,17-19,21,23-25,27,29-74H2,1-5H3,(H-,78,81,82,83)/p+1/b10-8-,16-14-,22-20-,28-26-. The Bertz CT molecular complexity index is 1540. The molecule has 0 saturated heterocycles. The van der Waals surface area contributed by atoms with Gasteiger partial charge in [0.25, 0.3) is 0 Å². The number of hydrogen-bond acceptors (Lipinski definition) is 5. The van der Waals surface area contributed by atoms with Gasteiger partial charge in [-0.2, -0.15) is 0 Å². The van der Waals surface area contributed by atoms with Crippen molar-refractivity contribution in [1.82, 2.24) is 5.32 Å². The lowest BCUT2D eigenvalue weighted by Gasteiger charge is -2.26. The molecule has 0 spiro atoms. The van der Waals surface area contributed by atoms with Gasteiger partial charge in [0.05, 0.1) is 39.9 Å². The molecule has 9 heteroatoms. The van der Waals surface area contributed by atoms with Crippen molar-refractivity contribution in [3.63, 3.8) is 0 Å². The molecule has 1 amide bonds. The molecule has 0 saturated carbocycles. The van der Waals surface area contributed by atoms with E-state index in [1.54, 1.807) is 0 Å². The third kappa shape index (κ3) is 69.9. The van der Waals surface area contributed by atoms with Crippen LogP contribution in [0.3, 0.4) is 0 Å². The van der Waals surface area contributed by atoms with Crippen LogP contribution in [0.4, 0.5) is 0 Å². The fourth-order valence-corrected chi connectivity index (χ4v) is 12.5. The zero-order chi connectivity index (χ0) is 62.6. The Morgan fingerprint density at radius 2 is 0.698 bits per heavy atom. The Morgan fingerprint density at radius 1 is 0.407 bits per heavy atom. The van der Waals surface area contributed by atoms with Crippen molar-refractivity contribution in [2.45, 2.75) is 398 Å². The second-order valence-electron chi connectivity index (χ2n) is 27.4. The van der Waals surface area contributed by atoms with Crippen molar-refractivity contribution in [3.05, 3.63) is 48.6 Å². The third-order valence-electron chi connectivity index (χ3n) is 17.6. The number of phosphoric ester groups is 1. The number of nitrogens with zero attached hydrogens (tertiary/aromatic N) is 1. The molecule has 508 valence electrons. The van der Waals surface area contributed by atoms with Crippen LogP contribution in [-0.4, -0.2) is 73.4 Å². The largest absolute Gasteiger partial charge is 0.472 e. The molecular weight excluding hydrogens is 1080 g/mol. The van der Waals surface area contributed by atoms with Crippen molar-refractivity contribution in [1.29, 1.82) is 0 Å². The molecule has 3 N–H and O–H groups in total. The van der Waals surface area contributed by atoms with Gasteiger partial charge in [-0.3, -0.25) is 13.8 Å². The number of quaternary nitrogens is 1. The van der Waals surface area contributed by atoms with Crippen molar-refractivity contribution >= 4 is 13.7 Å². The Balaban J connectivity index is 3.95. The zero-order valence-corrected chi connectivity index (χ0v) is 59.2. The van der Waals surface area contributed by atoms with Crippen LogP contribution in [-0.2, 0) is 18.4 Å². The van der Waals surface area contributed by atoms with Crippen LogP contribution in [0.1, 0.15) is 386 Å². The van der Waals surface area contributed by atoms with E-state index >= 15 is 0 Å². The molecule has 0 aromatic heterocycles. The number of hydrogen-bond donors (Lipinski definition) is 3. The number of aliphatic hydroxyl groups excluding tert-OH is 1. The van der Waals surface area contributed by atoms with Gasteiger partial charge >= 0.3 is 7.82 Å². The fourth-order valence-electron chi connectivity index (χ4n) is 11.8. The molecule has 86 heavy (non-hydrogen) atoms. The maximum absolute atomic E-state index is 13.1. The molecule has 0 aromatic carbocycles. The molecule has 0 radical (unpaired) electrons. The predicted molar refractivity (Wildman–Crippen MR) is 378 cm³/mol. The van der Waals surface area contributed by atoms with Gasteiger partial charge < -0.3 is 19.8 Å². The summed E-state index contributed by atoms with van der Waals surface area (Å²) in [6.07, 6.45) is 92.4. The van der Waals surface area contributed by atoms with Crippen molar-refractivity contribution in [3.8, 4) is 0 Å². The van der Waals surface area contributed by atoms with Gasteiger partial charge in [0.1, 0.15) is 13.2 Å². The van der Waals surface area contributed by atoms with E-state index in [4.69, 9.17) is 9.05 Å². The van der Waals surface area contributed by atoms with Gasteiger partial charge in [0.2, 0.25) is 5.91 Å². The Morgan fingerprint density at radius 3 is 1.02 bits per heavy atom. The summed E-state index contributed by atoms with van der Waals surface area (Å²) in [4.78, 5) is 23.5. The van der Waals surface area contributed by atoms with Crippen LogP contribution in [0.25, 0.3) is 0 Å². The number of carbonyl (C=O) groups excluding carboxylic acids is 1. The minimum Gasteiger partial charge on any atom is -0.391 e. The van der Waals surface area contributed by atoms with Gasteiger partial charge in [-0.1, -0.05) is 377 Å². The number of allylic oxidation sites excluding steroid dienone is 8. The number of carbonyl (C=O) groups is 1. The minimum atomic E-state index is -4.33. The molecule has 3 unspecified atom stereocenters. The topological polar surface area (TPSA) is 105 Å². The second-order valence-corrected chi connectivity index (χ2v) is 28.8. The minimum absolute atomic E-state index is 0.0765. The van der Waals surface area contributed by atoms with E-state index in [-0.39, 0.29) is 19.1 Å². The second kappa shape index (κ2) is 67.8. The molecule has 3 atom stereocenters. The van der Waals surface area contributed by atoms with Crippen molar-refractivity contribution < 1.29 is 32.9 Å². The molecule has 0 bridgehead atoms. The molecule has 0 aliphatic carbocycles. The molecule has 0 heterocycles. The Labute approximate surface area is 537 Å². The number of unbranched alkanes of at least 4 members (excludes halogenated alkanes) is 50. The van der Waals surface area contributed by atoms with E-state index in [9.17, 15) is 19.4 Å². The summed E-state index contributed by atoms with van der Waals surface area (Å²) >= 11 is 0. The van der Waals surface area contributed by atoms with Crippen LogP contribution in [0.5, 0.6) is 0 Å². The summed E-state index contributed by atoms with van der Waals surface area (Å²) in [5.41, 5.74) is 0. The predicted octanol–water partition coefficient (Wildman–Crippen LogP) is 24.6. The summed E-state index contributed by atoms with van der Waals surface area (Å²) in [6, 6.07) is -0.762. The zero-order valence-electron chi connectivity index (χ0n) is 58.3. The fraction of sp³-hybridized carbons (Fsp3) is 0.883. The first-order valence-electron chi connectivity index (χ1n) is 38.0.